The van der Waals surface area contributed by atoms with Crippen LogP contribution >= 0.6 is 0 Å². The van der Waals surface area contributed by atoms with Gasteiger partial charge in [0.05, 0.1) is 56.5 Å². The first kappa shape index (κ1) is 61.4. The lowest BCUT2D eigenvalue weighted by atomic mass is 9.82. The topological polar surface area (TPSA) is 225 Å². The molecule has 6 atom stereocenters. The van der Waals surface area contributed by atoms with Crippen molar-refractivity contribution >= 4 is 41.7 Å². The number of ether oxygens (including phenoxy) is 3. The number of rotatable bonds is 21. The number of alkyl halides is 8. The van der Waals surface area contributed by atoms with E-state index in [0.29, 0.717) is 85.9 Å². The number of hydrazine groups is 1. The first-order valence-corrected chi connectivity index (χ1v) is 24.7. The number of benzene rings is 2. The Kier molecular flexibility index (Phi) is 19.5. The monoisotopic (exact) mass is 1130 g/mol. The Balaban J connectivity index is 1.34. The minimum atomic E-state index is -5.23. The number of anilines is 1. The van der Waals surface area contributed by atoms with Crippen molar-refractivity contribution in [1.82, 2.24) is 36.3 Å². The Hall–Kier alpha value is -6.78. The van der Waals surface area contributed by atoms with E-state index in [2.05, 4.69) is 29.6 Å². The Morgan fingerprint density at radius 1 is 0.823 bits per heavy atom. The van der Waals surface area contributed by atoms with Crippen molar-refractivity contribution in [1.29, 1.82) is 0 Å². The van der Waals surface area contributed by atoms with Crippen molar-refractivity contribution in [2.45, 2.75) is 115 Å². The standard InChI is InChI=1S/C51H62F10N10O8/c1-48(2,50(56,57)58)41(66-46(75)77-5)43(73)65-38(17-27-7-9-28(10-8-27)29-11-14-40(64-20-29)69-21-31-12-13-32(22-69)71(31)33-25-79-26-33)39(72)24-70(68-44(74)42(67-47(76)78-6)49(3,4)51(59,60)61)23-34-35(52)18-30(19-36(34)53)37(62)15-16-63-45(54)55/h7-11,14-16,18-20,31-33,38-39,41-42,45,72H,12-13,17,21-26,62H2,1-6H3,(H,65,73)(H,66,75)(H,67,76)(H,68,74)/t31?,32?,38-,39-,41+,42+/m0/s1. The molecule has 2 bridgehead atoms. The van der Waals surface area contributed by atoms with Crippen molar-refractivity contribution < 1.29 is 82.4 Å². The van der Waals surface area contributed by atoms with Crippen molar-refractivity contribution in [2.24, 2.45) is 21.6 Å². The van der Waals surface area contributed by atoms with Crippen molar-refractivity contribution in [3.05, 3.63) is 89.1 Å². The fraction of sp³-hybridized carbons (Fsp3) is 0.529. The maximum Gasteiger partial charge on any atom is 0.407 e. The average molecular weight is 1130 g/mol. The van der Waals surface area contributed by atoms with Crippen LogP contribution in [-0.4, -0.2) is 159 Å². The first-order chi connectivity index (χ1) is 36.9. The third-order valence-electron chi connectivity index (χ3n) is 14.5. The minimum Gasteiger partial charge on any atom is -0.453 e. The third-order valence-corrected chi connectivity index (χ3v) is 14.5. The van der Waals surface area contributed by atoms with E-state index in [1.807, 2.05) is 22.9 Å². The van der Waals surface area contributed by atoms with Crippen LogP contribution in [0.2, 0.25) is 0 Å². The summed E-state index contributed by atoms with van der Waals surface area (Å²) in [6.45, 7) is -0.0821. The van der Waals surface area contributed by atoms with Gasteiger partial charge in [-0.3, -0.25) is 19.9 Å². The number of nitrogens with zero attached hydrogens (tertiary/aromatic N) is 5. The van der Waals surface area contributed by atoms with Crippen molar-refractivity contribution in [2.75, 3.05) is 52.0 Å². The molecule has 4 amide bonds. The van der Waals surface area contributed by atoms with Crippen LogP contribution in [0.15, 0.2) is 65.8 Å². The molecule has 79 heavy (non-hydrogen) atoms. The number of aliphatic hydroxyl groups excluding tert-OH is 1. The number of aromatic nitrogens is 1. The van der Waals surface area contributed by atoms with Crippen LogP contribution in [0.5, 0.6) is 0 Å². The first-order valence-electron chi connectivity index (χ1n) is 24.7. The SMILES string of the molecule is COC(=O)N[C@H](C(=O)N[C@@H](Cc1ccc(-c2ccc(N3CC4CCC(C3)N4C3COC3)nc2)cc1)[C@@H](O)CN(Cc1c(F)cc(C(N)=CC=NC(F)F)cc1F)NC(=O)[C@@H](NC(=O)OC)C(C)(C)C(F)(F)F)C(C)(C)C(F)(F)F. The number of aliphatic imine (C=N–C) groups is 1. The number of nitrogens with two attached hydrogens (primary N) is 1. The normalized spacial score (nSPS) is 19.2. The molecule has 2 aromatic carbocycles. The van der Waals surface area contributed by atoms with Gasteiger partial charge in [0, 0.05) is 73.1 Å². The lowest BCUT2D eigenvalue weighted by Crippen LogP contribution is -2.63. The Morgan fingerprint density at radius 2 is 1.35 bits per heavy atom. The molecule has 18 nitrogen and oxygen atoms in total. The predicted octanol–water partition coefficient (Wildman–Crippen LogP) is 6.22. The highest BCUT2D eigenvalue weighted by molar-refractivity contribution is 5.87. The number of hydrogen-bond donors (Lipinski definition) is 6. The second-order valence-corrected chi connectivity index (χ2v) is 20.5. The van der Waals surface area contributed by atoms with E-state index in [4.69, 9.17) is 15.5 Å². The fourth-order valence-corrected chi connectivity index (χ4v) is 9.44. The molecule has 0 aliphatic carbocycles. The fourth-order valence-electron chi connectivity index (χ4n) is 9.44. The number of pyridine rings is 1. The van der Waals surface area contributed by atoms with Crippen LogP contribution in [-0.2, 0) is 36.8 Å². The van der Waals surface area contributed by atoms with Gasteiger partial charge in [0.2, 0.25) is 5.91 Å². The molecule has 0 spiro atoms. The highest BCUT2D eigenvalue weighted by atomic mass is 19.4. The number of alkyl carbamates (subject to hydrolysis) is 2. The molecule has 28 heteroatoms. The molecule has 434 valence electrons. The Bertz CT molecular complexity index is 2660. The van der Waals surface area contributed by atoms with Gasteiger partial charge in [0.15, 0.2) is 0 Å². The number of allylic oxidation sites excluding steroid dienone is 1. The number of aliphatic hydroxyl groups is 1. The number of carbonyl (C=O) groups excluding carboxylic acids is 4. The zero-order valence-electron chi connectivity index (χ0n) is 43.7. The van der Waals surface area contributed by atoms with E-state index in [0.717, 1.165) is 65.3 Å². The van der Waals surface area contributed by atoms with Gasteiger partial charge in [-0.2, -0.15) is 35.1 Å². The van der Waals surface area contributed by atoms with Gasteiger partial charge in [0.1, 0.15) is 29.5 Å². The van der Waals surface area contributed by atoms with E-state index in [1.54, 1.807) is 35.8 Å². The van der Waals surface area contributed by atoms with E-state index < -0.39 is 126 Å². The molecular formula is C51H62F10N10O8. The van der Waals surface area contributed by atoms with Crippen LogP contribution in [0, 0.1) is 22.5 Å². The molecule has 3 aliphatic rings. The van der Waals surface area contributed by atoms with Crippen LogP contribution in [0.3, 0.4) is 0 Å². The molecule has 1 aromatic heterocycles. The summed E-state index contributed by atoms with van der Waals surface area (Å²) in [7, 11) is 1.61. The summed E-state index contributed by atoms with van der Waals surface area (Å²) < 4.78 is 159. The van der Waals surface area contributed by atoms with E-state index in [1.165, 1.54) is 0 Å². The number of piperazine rings is 1. The predicted molar refractivity (Wildman–Crippen MR) is 267 cm³/mol. The molecule has 3 aromatic rings. The molecule has 4 heterocycles. The zero-order valence-corrected chi connectivity index (χ0v) is 43.7. The Morgan fingerprint density at radius 3 is 1.82 bits per heavy atom. The van der Waals surface area contributed by atoms with Crippen LogP contribution in [0.4, 0.5) is 59.3 Å². The maximum absolute atomic E-state index is 16.0. The summed E-state index contributed by atoms with van der Waals surface area (Å²) in [5.74, 6) is -5.31. The molecular weight excluding hydrogens is 1070 g/mol. The van der Waals surface area contributed by atoms with E-state index in [9.17, 15) is 59.4 Å². The van der Waals surface area contributed by atoms with Gasteiger partial charge in [-0.05, 0) is 88.4 Å². The highest BCUT2D eigenvalue weighted by Crippen LogP contribution is 2.42. The van der Waals surface area contributed by atoms with Crippen LogP contribution in [0.25, 0.3) is 16.8 Å². The maximum atomic E-state index is 16.0. The molecule has 3 saturated heterocycles. The zero-order chi connectivity index (χ0) is 58.4. The summed E-state index contributed by atoms with van der Waals surface area (Å²) >= 11 is 0. The lowest BCUT2D eigenvalue weighted by Gasteiger charge is -2.48. The van der Waals surface area contributed by atoms with Gasteiger partial charge >= 0.3 is 31.1 Å². The third kappa shape index (κ3) is 14.7. The summed E-state index contributed by atoms with van der Waals surface area (Å²) in [5, 5.41) is 18.5. The van der Waals surface area contributed by atoms with Gasteiger partial charge in [-0.1, -0.05) is 24.3 Å². The van der Waals surface area contributed by atoms with Crippen LogP contribution < -0.4 is 32.0 Å². The van der Waals surface area contributed by atoms with E-state index >= 15 is 8.78 Å². The van der Waals surface area contributed by atoms with Gasteiger partial charge in [-0.15, -0.1) is 0 Å². The summed E-state index contributed by atoms with van der Waals surface area (Å²) in [4.78, 5) is 65.2. The molecule has 7 N–H and O–H groups in total. The molecule has 2 unspecified atom stereocenters. The van der Waals surface area contributed by atoms with Crippen molar-refractivity contribution in [3.63, 3.8) is 0 Å². The number of amides is 4. The molecule has 3 fully saturated rings. The second kappa shape index (κ2) is 25.1. The molecule has 0 radical (unpaired) electrons. The summed E-state index contributed by atoms with van der Waals surface area (Å²) in [5.41, 5.74) is 1.54. The molecule has 6 rings (SSSR count). The quantitative estimate of drug-likeness (QED) is 0.0302. The molecule has 0 saturated carbocycles. The summed E-state index contributed by atoms with van der Waals surface area (Å²) in [6.07, 6.45) is -10.8. The lowest BCUT2D eigenvalue weighted by molar-refractivity contribution is -0.221. The average Bonchev–Trinajstić information content (AvgIpc) is 3.61. The van der Waals surface area contributed by atoms with Crippen molar-refractivity contribution in [3.8, 4) is 11.1 Å². The molecule has 3 aliphatic heterocycles. The number of hydrogen-bond acceptors (Lipinski definition) is 14. The number of fused-ring (bicyclic) bond motifs is 2. The van der Waals surface area contributed by atoms with Gasteiger partial charge in [0.25, 0.3) is 5.91 Å². The minimum absolute atomic E-state index is 0.303. The van der Waals surface area contributed by atoms with Gasteiger partial charge < -0.3 is 45.9 Å². The highest BCUT2D eigenvalue weighted by Gasteiger charge is 2.57. The number of methoxy groups -OCH3 is 2. The Labute approximate surface area is 448 Å². The second-order valence-electron chi connectivity index (χ2n) is 20.5. The van der Waals surface area contributed by atoms with Gasteiger partial charge in [-0.25, -0.2) is 33.4 Å². The smallest absolute Gasteiger partial charge is 0.407 e. The largest absolute Gasteiger partial charge is 0.453 e. The summed E-state index contributed by atoms with van der Waals surface area (Å²) in [6, 6.07) is 5.83. The van der Waals surface area contributed by atoms with E-state index in [-0.39, 0.29) is 0 Å². The number of halogens is 10. The number of nitrogens with one attached hydrogen (secondary N) is 4. The number of carbonyl (C=O) groups is 4. The van der Waals surface area contributed by atoms with Crippen LogP contribution in [0.1, 0.15) is 57.2 Å².